The predicted molar refractivity (Wildman–Crippen MR) is 105 cm³/mol. The Kier molecular flexibility index (Phi) is 5.94. The number of carbonyl (C=O) groups is 1. The van der Waals surface area contributed by atoms with E-state index in [0.717, 1.165) is 0 Å². The standard InChI is InChI=1S/C17H21ClN6O3S/c1-10-16(24(5-4-20-10)28(3,26)27)11-6-13(23-15(18)7-11)12-8-14(17(25)19-2)22-9-21-12/h6-10,16,20H,4-5H2,1-3H3,(H,19,25)/t10-,16+/m1/s1. The van der Waals surface area contributed by atoms with Crippen molar-refractivity contribution >= 4 is 27.5 Å². The number of pyridine rings is 1. The number of nitrogens with zero attached hydrogens (tertiary/aromatic N) is 4. The van der Waals surface area contributed by atoms with Crippen molar-refractivity contribution in [1.29, 1.82) is 0 Å². The van der Waals surface area contributed by atoms with E-state index in [1.807, 2.05) is 6.92 Å². The van der Waals surface area contributed by atoms with Crippen LogP contribution in [0.5, 0.6) is 0 Å². The van der Waals surface area contributed by atoms with Gasteiger partial charge in [0.2, 0.25) is 10.0 Å². The first kappa shape index (κ1) is 20.6. The Labute approximate surface area is 168 Å². The first-order chi connectivity index (χ1) is 13.2. The number of aromatic nitrogens is 3. The molecule has 28 heavy (non-hydrogen) atoms. The lowest BCUT2D eigenvalue weighted by Gasteiger charge is -2.39. The number of hydrogen-bond donors (Lipinski definition) is 2. The molecule has 2 aromatic rings. The quantitative estimate of drug-likeness (QED) is 0.698. The van der Waals surface area contributed by atoms with Gasteiger partial charge in [-0.2, -0.15) is 4.31 Å². The molecule has 0 saturated carbocycles. The topological polar surface area (TPSA) is 117 Å². The fraction of sp³-hybridized carbons (Fsp3) is 0.412. The molecule has 1 aliphatic heterocycles. The van der Waals surface area contributed by atoms with Crippen molar-refractivity contribution < 1.29 is 13.2 Å². The van der Waals surface area contributed by atoms with Crippen molar-refractivity contribution in [2.24, 2.45) is 0 Å². The summed E-state index contributed by atoms with van der Waals surface area (Å²) >= 11 is 6.24. The third-order valence-corrected chi connectivity index (χ3v) is 6.01. The van der Waals surface area contributed by atoms with Crippen LogP contribution in [0.25, 0.3) is 11.4 Å². The molecule has 3 heterocycles. The highest BCUT2D eigenvalue weighted by Crippen LogP contribution is 2.32. The van der Waals surface area contributed by atoms with Crippen molar-refractivity contribution in [1.82, 2.24) is 29.9 Å². The number of halogens is 1. The molecule has 0 radical (unpaired) electrons. The van der Waals surface area contributed by atoms with Crippen LogP contribution in [0.1, 0.15) is 29.0 Å². The lowest BCUT2D eigenvalue weighted by Crippen LogP contribution is -2.53. The fourth-order valence-electron chi connectivity index (χ4n) is 3.30. The van der Waals surface area contributed by atoms with Crippen molar-refractivity contribution in [3.8, 4) is 11.4 Å². The molecule has 0 spiro atoms. The van der Waals surface area contributed by atoms with E-state index < -0.39 is 16.1 Å². The van der Waals surface area contributed by atoms with Gasteiger partial charge >= 0.3 is 0 Å². The van der Waals surface area contributed by atoms with Crippen molar-refractivity contribution in [3.63, 3.8) is 0 Å². The van der Waals surface area contributed by atoms with E-state index in [1.54, 1.807) is 12.1 Å². The summed E-state index contributed by atoms with van der Waals surface area (Å²) in [5, 5.41) is 6.01. The number of amides is 1. The van der Waals surface area contributed by atoms with Crippen LogP contribution in [-0.4, -0.2) is 66.0 Å². The molecule has 0 unspecified atom stereocenters. The van der Waals surface area contributed by atoms with Crippen LogP contribution < -0.4 is 10.6 Å². The van der Waals surface area contributed by atoms with Gasteiger partial charge in [-0.05, 0) is 30.7 Å². The van der Waals surface area contributed by atoms with Gasteiger partial charge in [0.05, 0.1) is 23.7 Å². The molecule has 1 fully saturated rings. The summed E-state index contributed by atoms with van der Waals surface area (Å²) in [7, 11) is -1.91. The van der Waals surface area contributed by atoms with E-state index in [1.165, 1.54) is 30.0 Å². The molecule has 0 bridgehead atoms. The Bertz CT molecular complexity index is 1000. The third-order valence-electron chi connectivity index (χ3n) is 4.56. The molecule has 11 heteroatoms. The normalized spacial score (nSPS) is 20.7. The van der Waals surface area contributed by atoms with Gasteiger partial charge in [0.15, 0.2) is 0 Å². The van der Waals surface area contributed by atoms with Crippen LogP contribution in [0, 0.1) is 0 Å². The number of hydrogen-bond acceptors (Lipinski definition) is 7. The average Bonchev–Trinajstić information content (AvgIpc) is 2.66. The molecule has 2 aromatic heterocycles. The molecule has 150 valence electrons. The molecule has 1 aliphatic rings. The summed E-state index contributed by atoms with van der Waals surface area (Å²) in [5.41, 5.74) is 1.74. The molecule has 2 N–H and O–H groups in total. The molecule has 0 aromatic carbocycles. The summed E-state index contributed by atoms with van der Waals surface area (Å²) in [6, 6.07) is 4.34. The highest BCUT2D eigenvalue weighted by Gasteiger charge is 2.35. The van der Waals surface area contributed by atoms with Crippen LogP contribution in [-0.2, 0) is 10.0 Å². The van der Waals surface area contributed by atoms with Crippen LogP contribution in [0.3, 0.4) is 0 Å². The smallest absolute Gasteiger partial charge is 0.269 e. The van der Waals surface area contributed by atoms with E-state index in [2.05, 4.69) is 25.6 Å². The second kappa shape index (κ2) is 8.08. The maximum Gasteiger partial charge on any atom is 0.269 e. The number of piperazine rings is 1. The van der Waals surface area contributed by atoms with Gasteiger partial charge in [0, 0.05) is 26.2 Å². The van der Waals surface area contributed by atoms with Crippen LogP contribution in [0.4, 0.5) is 0 Å². The summed E-state index contributed by atoms with van der Waals surface area (Å²) < 4.78 is 26.0. The van der Waals surface area contributed by atoms with E-state index in [-0.39, 0.29) is 22.8 Å². The van der Waals surface area contributed by atoms with Crippen LogP contribution >= 0.6 is 11.6 Å². The van der Waals surface area contributed by atoms with E-state index in [0.29, 0.717) is 30.0 Å². The Morgan fingerprint density at radius 1 is 1.29 bits per heavy atom. The van der Waals surface area contributed by atoms with Gasteiger partial charge in [0.25, 0.3) is 5.91 Å². The van der Waals surface area contributed by atoms with Gasteiger partial charge in [-0.1, -0.05) is 11.6 Å². The minimum atomic E-state index is -3.42. The molecule has 3 rings (SSSR count). The largest absolute Gasteiger partial charge is 0.354 e. The number of rotatable bonds is 4. The average molecular weight is 425 g/mol. The minimum absolute atomic E-state index is 0.123. The Morgan fingerprint density at radius 2 is 2.04 bits per heavy atom. The van der Waals surface area contributed by atoms with E-state index in [4.69, 9.17) is 11.6 Å². The molecular weight excluding hydrogens is 404 g/mol. The highest BCUT2D eigenvalue weighted by molar-refractivity contribution is 7.88. The van der Waals surface area contributed by atoms with Gasteiger partial charge in [0.1, 0.15) is 17.2 Å². The molecule has 1 amide bonds. The minimum Gasteiger partial charge on any atom is -0.354 e. The number of sulfonamides is 1. The summed E-state index contributed by atoms with van der Waals surface area (Å²) in [4.78, 5) is 24.3. The van der Waals surface area contributed by atoms with Gasteiger partial charge < -0.3 is 10.6 Å². The Balaban J connectivity index is 2.08. The summed E-state index contributed by atoms with van der Waals surface area (Å²) in [5.74, 6) is -0.348. The number of nitrogens with one attached hydrogen (secondary N) is 2. The second-order valence-corrected chi connectivity index (χ2v) is 8.86. The van der Waals surface area contributed by atoms with Crippen molar-refractivity contribution in [2.45, 2.75) is 19.0 Å². The second-order valence-electron chi connectivity index (χ2n) is 6.54. The fourth-order valence-corrected chi connectivity index (χ4v) is 4.65. The van der Waals surface area contributed by atoms with E-state index in [9.17, 15) is 13.2 Å². The van der Waals surface area contributed by atoms with Gasteiger partial charge in [-0.15, -0.1) is 0 Å². The molecule has 9 nitrogen and oxygen atoms in total. The third kappa shape index (κ3) is 4.30. The summed E-state index contributed by atoms with van der Waals surface area (Å²) in [6.45, 7) is 2.85. The molecular formula is C17H21ClN6O3S. The van der Waals surface area contributed by atoms with E-state index >= 15 is 0 Å². The Hall–Kier alpha value is -2.14. The summed E-state index contributed by atoms with van der Waals surface area (Å²) in [6.07, 6.45) is 2.47. The lowest BCUT2D eigenvalue weighted by atomic mass is 9.98. The van der Waals surface area contributed by atoms with Crippen LogP contribution in [0.2, 0.25) is 5.15 Å². The first-order valence-corrected chi connectivity index (χ1v) is 10.9. The monoisotopic (exact) mass is 424 g/mol. The van der Waals surface area contributed by atoms with Crippen LogP contribution in [0.15, 0.2) is 24.5 Å². The SMILES string of the molecule is CNC(=O)c1cc(-c2cc([C@@H]3[C@@H](C)NCCN3S(C)(=O)=O)cc(Cl)n2)ncn1. The lowest BCUT2D eigenvalue weighted by molar-refractivity contribution is 0.0958. The molecule has 0 aliphatic carbocycles. The maximum atomic E-state index is 12.3. The first-order valence-electron chi connectivity index (χ1n) is 8.63. The zero-order valence-corrected chi connectivity index (χ0v) is 17.3. The Morgan fingerprint density at radius 3 is 2.71 bits per heavy atom. The molecule has 1 saturated heterocycles. The molecule has 2 atom stereocenters. The van der Waals surface area contributed by atoms with Crippen molar-refractivity contribution in [3.05, 3.63) is 40.9 Å². The maximum absolute atomic E-state index is 12.3. The zero-order valence-electron chi connectivity index (χ0n) is 15.7. The zero-order chi connectivity index (χ0) is 20.5. The van der Waals surface area contributed by atoms with Gasteiger partial charge in [-0.25, -0.2) is 23.4 Å². The highest BCUT2D eigenvalue weighted by atomic mass is 35.5. The number of carbonyl (C=O) groups excluding carboxylic acids is 1. The van der Waals surface area contributed by atoms with Crippen molar-refractivity contribution in [2.75, 3.05) is 26.4 Å². The van der Waals surface area contributed by atoms with Gasteiger partial charge in [-0.3, -0.25) is 4.79 Å². The predicted octanol–water partition coefficient (Wildman–Crippen LogP) is 0.846.